The molecule has 0 bridgehead atoms. The highest BCUT2D eigenvalue weighted by atomic mass is 32.2. The van der Waals surface area contributed by atoms with Gasteiger partial charge < -0.3 is 10.1 Å². The maximum absolute atomic E-state index is 12.6. The van der Waals surface area contributed by atoms with Gasteiger partial charge in [0.15, 0.2) is 0 Å². The fourth-order valence-electron chi connectivity index (χ4n) is 2.45. The standard InChI is InChI=1S/C14H18N2O5S/c1-10(17)15-11-5-7-12(8-6-11)22(19,20)16-9-3-4-13(16)14(18)21-2/h5-8,13H,3-4,9H2,1-2H3,(H,15,17). The summed E-state index contributed by atoms with van der Waals surface area (Å²) in [6, 6.07) is 5.07. The second-order valence-corrected chi connectivity index (χ2v) is 6.89. The van der Waals surface area contributed by atoms with Crippen LogP contribution in [0.5, 0.6) is 0 Å². The number of anilines is 1. The van der Waals surface area contributed by atoms with Gasteiger partial charge in [-0.05, 0) is 37.1 Å². The van der Waals surface area contributed by atoms with Gasteiger partial charge in [0.1, 0.15) is 6.04 Å². The van der Waals surface area contributed by atoms with E-state index in [0.717, 1.165) is 0 Å². The van der Waals surface area contributed by atoms with Gasteiger partial charge in [-0.15, -0.1) is 0 Å². The second-order valence-electron chi connectivity index (χ2n) is 5.00. The van der Waals surface area contributed by atoms with Crippen LogP contribution in [0.1, 0.15) is 19.8 Å². The molecule has 7 nitrogen and oxygen atoms in total. The van der Waals surface area contributed by atoms with Crippen molar-refractivity contribution in [1.82, 2.24) is 4.31 Å². The molecule has 1 aromatic rings. The van der Waals surface area contributed by atoms with Gasteiger partial charge in [0.2, 0.25) is 15.9 Å². The molecule has 0 radical (unpaired) electrons. The molecule has 0 spiro atoms. The molecule has 1 saturated heterocycles. The van der Waals surface area contributed by atoms with Gasteiger partial charge in [-0.3, -0.25) is 9.59 Å². The number of carbonyl (C=O) groups is 2. The molecule has 2 rings (SSSR count). The van der Waals surface area contributed by atoms with Gasteiger partial charge >= 0.3 is 5.97 Å². The molecule has 1 aromatic carbocycles. The number of rotatable bonds is 4. The third kappa shape index (κ3) is 3.28. The Morgan fingerprint density at radius 3 is 2.45 bits per heavy atom. The largest absolute Gasteiger partial charge is 0.468 e. The monoisotopic (exact) mass is 326 g/mol. The molecule has 1 aliphatic heterocycles. The molecule has 1 aliphatic rings. The Kier molecular flexibility index (Phi) is 4.82. The first-order chi connectivity index (χ1) is 10.4. The van der Waals surface area contributed by atoms with Crippen molar-refractivity contribution in [3.8, 4) is 0 Å². The van der Waals surface area contributed by atoms with E-state index in [4.69, 9.17) is 0 Å². The molecule has 1 atom stereocenters. The zero-order chi connectivity index (χ0) is 16.3. The zero-order valence-corrected chi connectivity index (χ0v) is 13.2. The summed E-state index contributed by atoms with van der Waals surface area (Å²) in [5.41, 5.74) is 0.511. The SMILES string of the molecule is COC(=O)C1CCCN1S(=O)(=O)c1ccc(NC(C)=O)cc1. The number of esters is 1. The number of methoxy groups -OCH3 is 1. The minimum Gasteiger partial charge on any atom is -0.468 e. The van der Waals surface area contributed by atoms with E-state index < -0.39 is 22.0 Å². The molecule has 1 fully saturated rings. The van der Waals surface area contributed by atoms with Crippen LogP contribution in [-0.2, 0) is 24.3 Å². The Balaban J connectivity index is 2.26. The topological polar surface area (TPSA) is 92.8 Å². The van der Waals surface area contributed by atoms with Crippen LogP contribution in [0.25, 0.3) is 0 Å². The van der Waals surface area contributed by atoms with Crippen LogP contribution >= 0.6 is 0 Å². The van der Waals surface area contributed by atoms with Crippen LogP contribution in [0.4, 0.5) is 5.69 Å². The molecule has 120 valence electrons. The van der Waals surface area contributed by atoms with Crippen molar-refractivity contribution < 1.29 is 22.7 Å². The van der Waals surface area contributed by atoms with E-state index in [0.29, 0.717) is 18.5 Å². The van der Waals surface area contributed by atoms with E-state index in [2.05, 4.69) is 10.1 Å². The first kappa shape index (κ1) is 16.4. The summed E-state index contributed by atoms with van der Waals surface area (Å²) < 4.78 is 31.1. The van der Waals surface area contributed by atoms with Crippen molar-refractivity contribution in [1.29, 1.82) is 0 Å². The minimum absolute atomic E-state index is 0.0809. The maximum Gasteiger partial charge on any atom is 0.324 e. The lowest BCUT2D eigenvalue weighted by molar-refractivity contribution is -0.144. The van der Waals surface area contributed by atoms with Crippen LogP contribution in [-0.4, -0.2) is 44.3 Å². The second kappa shape index (κ2) is 6.45. The zero-order valence-electron chi connectivity index (χ0n) is 12.4. The molecule has 0 aromatic heterocycles. The Bertz CT molecular complexity index is 669. The number of benzene rings is 1. The van der Waals surface area contributed by atoms with E-state index in [9.17, 15) is 18.0 Å². The molecule has 0 aliphatic carbocycles. The summed E-state index contributed by atoms with van der Waals surface area (Å²) in [7, 11) is -2.52. The van der Waals surface area contributed by atoms with Crippen molar-refractivity contribution in [3.05, 3.63) is 24.3 Å². The molecular weight excluding hydrogens is 308 g/mol. The molecule has 8 heteroatoms. The molecule has 1 N–H and O–H groups in total. The molecule has 1 heterocycles. The first-order valence-corrected chi connectivity index (χ1v) is 8.27. The predicted octanol–water partition coefficient (Wildman–Crippen LogP) is 0.971. The van der Waals surface area contributed by atoms with Gasteiger partial charge in [0.05, 0.1) is 12.0 Å². The molecule has 1 unspecified atom stereocenters. The highest BCUT2D eigenvalue weighted by Gasteiger charge is 2.40. The van der Waals surface area contributed by atoms with Crippen LogP contribution in [0.2, 0.25) is 0 Å². The third-order valence-electron chi connectivity index (χ3n) is 3.46. The van der Waals surface area contributed by atoms with E-state index in [1.54, 1.807) is 0 Å². The molecule has 22 heavy (non-hydrogen) atoms. The predicted molar refractivity (Wildman–Crippen MR) is 79.7 cm³/mol. The average molecular weight is 326 g/mol. The number of ether oxygens (including phenoxy) is 1. The van der Waals surface area contributed by atoms with E-state index >= 15 is 0 Å². The van der Waals surface area contributed by atoms with Crippen LogP contribution in [0.3, 0.4) is 0 Å². The fraction of sp³-hybridized carbons (Fsp3) is 0.429. The van der Waals surface area contributed by atoms with Gasteiger partial charge in [-0.1, -0.05) is 0 Å². The summed E-state index contributed by atoms with van der Waals surface area (Å²) in [6.07, 6.45) is 1.07. The van der Waals surface area contributed by atoms with Crippen molar-refractivity contribution in [2.45, 2.75) is 30.7 Å². The number of nitrogens with one attached hydrogen (secondary N) is 1. The van der Waals surface area contributed by atoms with E-state index in [1.165, 1.54) is 42.6 Å². The quantitative estimate of drug-likeness (QED) is 0.832. The van der Waals surface area contributed by atoms with E-state index in [-0.39, 0.29) is 17.3 Å². The Hall–Kier alpha value is -1.93. The molecule has 0 saturated carbocycles. The number of carbonyl (C=O) groups excluding carboxylic acids is 2. The average Bonchev–Trinajstić information content (AvgIpc) is 2.96. The van der Waals surface area contributed by atoms with Gasteiger partial charge in [-0.2, -0.15) is 4.31 Å². The first-order valence-electron chi connectivity index (χ1n) is 6.83. The highest BCUT2D eigenvalue weighted by Crippen LogP contribution is 2.27. The van der Waals surface area contributed by atoms with Crippen LogP contribution in [0.15, 0.2) is 29.2 Å². The maximum atomic E-state index is 12.6. The summed E-state index contributed by atoms with van der Waals surface area (Å²) in [5.74, 6) is -0.781. The van der Waals surface area contributed by atoms with Crippen LogP contribution < -0.4 is 5.32 Å². The lowest BCUT2D eigenvalue weighted by Crippen LogP contribution is -2.41. The number of sulfonamides is 1. The minimum atomic E-state index is -3.77. The number of amides is 1. The Morgan fingerprint density at radius 2 is 1.91 bits per heavy atom. The Morgan fingerprint density at radius 1 is 1.27 bits per heavy atom. The summed E-state index contributed by atoms with van der Waals surface area (Å²) in [5, 5.41) is 2.57. The van der Waals surface area contributed by atoms with Crippen LogP contribution in [0, 0.1) is 0 Å². The van der Waals surface area contributed by atoms with Crippen molar-refractivity contribution >= 4 is 27.6 Å². The summed E-state index contributed by atoms with van der Waals surface area (Å²) in [4.78, 5) is 22.7. The highest BCUT2D eigenvalue weighted by molar-refractivity contribution is 7.89. The molecule has 1 amide bonds. The third-order valence-corrected chi connectivity index (χ3v) is 5.38. The number of nitrogens with zero attached hydrogens (tertiary/aromatic N) is 1. The van der Waals surface area contributed by atoms with Gasteiger partial charge in [0, 0.05) is 19.2 Å². The van der Waals surface area contributed by atoms with Crippen molar-refractivity contribution in [2.75, 3.05) is 19.0 Å². The fourth-order valence-corrected chi connectivity index (χ4v) is 4.10. The van der Waals surface area contributed by atoms with Gasteiger partial charge in [0.25, 0.3) is 0 Å². The number of hydrogen-bond donors (Lipinski definition) is 1. The summed E-state index contributed by atoms with van der Waals surface area (Å²) in [6.45, 7) is 1.66. The summed E-state index contributed by atoms with van der Waals surface area (Å²) >= 11 is 0. The molecular formula is C14H18N2O5S. The Labute approximate surface area is 129 Å². The normalized spacial score (nSPS) is 18.9. The van der Waals surface area contributed by atoms with Gasteiger partial charge in [-0.25, -0.2) is 8.42 Å². The smallest absolute Gasteiger partial charge is 0.324 e. The van der Waals surface area contributed by atoms with Crippen molar-refractivity contribution in [3.63, 3.8) is 0 Å². The van der Waals surface area contributed by atoms with Crippen molar-refractivity contribution in [2.24, 2.45) is 0 Å². The van der Waals surface area contributed by atoms with E-state index in [1.807, 2.05) is 0 Å². The lowest BCUT2D eigenvalue weighted by Gasteiger charge is -2.22. The lowest BCUT2D eigenvalue weighted by atomic mass is 10.2. The number of hydrogen-bond acceptors (Lipinski definition) is 5.